The number of benzene rings is 2. The summed E-state index contributed by atoms with van der Waals surface area (Å²) in [5.74, 6) is -0.303. The van der Waals surface area contributed by atoms with Crippen molar-refractivity contribution in [3.8, 4) is 11.5 Å². The van der Waals surface area contributed by atoms with Crippen LogP contribution in [-0.4, -0.2) is 10.2 Å². The van der Waals surface area contributed by atoms with Gasteiger partial charge in [0.15, 0.2) is 0 Å². The molecule has 0 aliphatic rings. The molecule has 0 bridgehead atoms. The van der Waals surface area contributed by atoms with E-state index in [1.807, 2.05) is 41.5 Å². The first-order chi connectivity index (χ1) is 10.8. The van der Waals surface area contributed by atoms with Gasteiger partial charge in [-0.05, 0) is 47.2 Å². The molecule has 0 fully saturated rings. The average molecular weight is 425 g/mol. The summed E-state index contributed by atoms with van der Waals surface area (Å²) < 4.78 is 25.5. The third-order valence-electron chi connectivity index (χ3n) is 3.53. The average Bonchev–Trinajstić information content (AvgIpc) is 2.42. The van der Waals surface area contributed by atoms with E-state index in [-0.39, 0.29) is 66.7 Å². The number of halogens is 2. The Bertz CT molecular complexity index is 640. The zero-order valence-corrected chi connectivity index (χ0v) is 18.5. The fourth-order valence-electron chi connectivity index (χ4n) is 2.22. The van der Waals surface area contributed by atoms with Gasteiger partial charge in [0.25, 0.3) is 0 Å². The first-order valence-electron chi connectivity index (χ1n) is 7.80. The smallest absolute Gasteiger partial charge is 0.123 e. The summed E-state index contributed by atoms with van der Waals surface area (Å²) in [6.07, 6.45) is 0. The van der Waals surface area contributed by atoms with Gasteiger partial charge in [0.2, 0.25) is 0 Å². The molecule has 0 heterocycles. The molecule has 1 radical (unpaired) electrons. The summed E-state index contributed by atoms with van der Waals surface area (Å²) in [5.41, 5.74) is 0.850. The molecule has 2 rings (SSSR count). The fraction of sp³-hybridized carbons (Fsp3) is 0.400. The van der Waals surface area contributed by atoms with Gasteiger partial charge in [-0.2, -0.15) is 0 Å². The van der Waals surface area contributed by atoms with Crippen molar-refractivity contribution in [3.05, 3.63) is 59.2 Å². The van der Waals surface area contributed by atoms with Gasteiger partial charge < -0.3 is 10.2 Å². The number of hydrogen-bond acceptors (Lipinski definition) is 2. The Hall–Kier alpha value is -0.996. The fourth-order valence-corrected chi connectivity index (χ4v) is 2.22. The van der Waals surface area contributed by atoms with Crippen molar-refractivity contribution >= 4 is 0 Å². The number of hydrogen-bond donors (Lipinski definition) is 2. The summed E-state index contributed by atoms with van der Waals surface area (Å²) >= 11 is 0. The summed E-state index contributed by atoms with van der Waals surface area (Å²) in [6, 6.07) is 8.02. The molecule has 2 nitrogen and oxygen atoms in total. The molecule has 0 saturated carbocycles. The quantitative estimate of drug-likeness (QED) is 0.572. The molecule has 25 heavy (non-hydrogen) atoms. The molecule has 0 aliphatic carbocycles. The molecule has 0 aliphatic heterocycles. The van der Waals surface area contributed by atoms with Crippen LogP contribution in [0.3, 0.4) is 0 Å². The van der Waals surface area contributed by atoms with E-state index < -0.39 is 0 Å². The summed E-state index contributed by atoms with van der Waals surface area (Å²) in [5, 5.41) is 18.8. The topological polar surface area (TPSA) is 40.5 Å². The number of rotatable bonds is 0. The SMILES string of the molecule is CC(C)(C)c1cc(F)ccc1O.CC(C)(C)c1cc(F)ccc1O.[Y]. The monoisotopic (exact) mass is 425 g/mol. The van der Waals surface area contributed by atoms with Gasteiger partial charge >= 0.3 is 0 Å². The van der Waals surface area contributed by atoms with E-state index in [1.165, 1.54) is 36.4 Å². The number of phenolic OH excluding ortho intramolecular Hbond substituents is 2. The van der Waals surface area contributed by atoms with Crippen molar-refractivity contribution in [2.45, 2.75) is 52.4 Å². The Kier molecular flexibility index (Phi) is 8.73. The predicted octanol–water partition coefficient (Wildman–Crippen LogP) is 5.66. The van der Waals surface area contributed by atoms with Crippen LogP contribution in [0.25, 0.3) is 0 Å². The maximum Gasteiger partial charge on any atom is 0.123 e. The van der Waals surface area contributed by atoms with Crippen LogP contribution >= 0.6 is 0 Å². The minimum Gasteiger partial charge on any atom is -0.508 e. The van der Waals surface area contributed by atoms with Crippen molar-refractivity contribution in [3.63, 3.8) is 0 Å². The molecule has 5 heteroatoms. The van der Waals surface area contributed by atoms with Crippen LogP contribution < -0.4 is 0 Å². The Morgan fingerprint density at radius 2 is 0.920 bits per heavy atom. The zero-order chi connectivity index (χ0) is 18.7. The zero-order valence-electron chi connectivity index (χ0n) is 15.7. The number of phenols is 2. The van der Waals surface area contributed by atoms with Gasteiger partial charge in [-0.15, -0.1) is 0 Å². The molecule has 0 amide bonds. The van der Waals surface area contributed by atoms with Crippen LogP contribution in [0.1, 0.15) is 52.7 Å². The third-order valence-corrected chi connectivity index (χ3v) is 3.53. The van der Waals surface area contributed by atoms with E-state index >= 15 is 0 Å². The second-order valence-corrected chi connectivity index (χ2v) is 7.82. The normalized spacial score (nSPS) is 11.2. The first-order valence-corrected chi connectivity index (χ1v) is 7.80. The van der Waals surface area contributed by atoms with Gasteiger partial charge in [-0.25, -0.2) is 8.78 Å². The Morgan fingerprint density at radius 1 is 0.640 bits per heavy atom. The summed E-state index contributed by atoms with van der Waals surface area (Å²) in [6.45, 7) is 11.6. The van der Waals surface area contributed by atoms with Gasteiger partial charge in [0.05, 0.1) is 0 Å². The molecule has 2 aromatic carbocycles. The maximum absolute atomic E-state index is 12.8. The third kappa shape index (κ3) is 7.41. The van der Waals surface area contributed by atoms with E-state index in [0.717, 1.165) is 0 Å². The molecule has 0 aromatic heterocycles. The van der Waals surface area contributed by atoms with Crippen LogP contribution in [0.5, 0.6) is 11.5 Å². The molecule has 0 saturated heterocycles. The van der Waals surface area contributed by atoms with Crippen LogP contribution in [0.15, 0.2) is 36.4 Å². The van der Waals surface area contributed by atoms with Crippen molar-refractivity contribution in [2.24, 2.45) is 0 Å². The van der Waals surface area contributed by atoms with Gasteiger partial charge in [-0.3, -0.25) is 0 Å². The molecule has 0 atom stereocenters. The summed E-state index contributed by atoms with van der Waals surface area (Å²) in [4.78, 5) is 0. The minimum atomic E-state index is -0.308. The van der Waals surface area contributed by atoms with Crippen molar-refractivity contribution in [1.82, 2.24) is 0 Å². The van der Waals surface area contributed by atoms with Crippen LogP contribution in [0.4, 0.5) is 8.78 Å². The van der Waals surface area contributed by atoms with E-state index in [1.54, 1.807) is 0 Å². The molecular formula is C20H26F2O2Y. The van der Waals surface area contributed by atoms with Gasteiger partial charge in [-0.1, -0.05) is 41.5 Å². The number of aromatic hydroxyl groups is 2. The molecule has 2 N–H and O–H groups in total. The van der Waals surface area contributed by atoms with E-state index in [2.05, 4.69) is 0 Å². The van der Waals surface area contributed by atoms with E-state index in [0.29, 0.717) is 11.1 Å². The van der Waals surface area contributed by atoms with Crippen molar-refractivity contribution in [2.75, 3.05) is 0 Å². The van der Waals surface area contributed by atoms with Crippen LogP contribution in [0.2, 0.25) is 0 Å². The van der Waals surface area contributed by atoms with Crippen LogP contribution in [-0.2, 0) is 43.5 Å². The maximum atomic E-state index is 12.8. The van der Waals surface area contributed by atoms with Crippen LogP contribution in [0, 0.1) is 11.6 Å². The molecule has 0 spiro atoms. The first kappa shape index (κ1) is 24.0. The minimum absolute atomic E-state index is 0. The molecule has 0 unspecified atom stereocenters. The Balaban J connectivity index is 0.000000443. The molecule has 135 valence electrons. The second kappa shape index (κ2) is 9.09. The molecule has 2 aromatic rings. The molecular weight excluding hydrogens is 399 g/mol. The van der Waals surface area contributed by atoms with Crippen molar-refractivity contribution in [1.29, 1.82) is 0 Å². The standard InChI is InChI=1S/2C10H13FO.Y/c2*1-10(2,3)8-6-7(11)4-5-9(8)12;/h2*4-6,12H,1-3H3;. The Morgan fingerprint density at radius 3 is 1.12 bits per heavy atom. The largest absolute Gasteiger partial charge is 0.508 e. The van der Waals surface area contributed by atoms with Crippen molar-refractivity contribution < 1.29 is 51.7 Å². The second-order valence-electron chi connectivity index (χ2n) is 7.82. The summed E-state index contributed by atoms with van der Waals surface area (Å²) in [7, 11) is 0. The van der Waals surface area contributed by atoms with E-state index in [9.17, 15) is 19.0 Å². The van der Waals surface area contributed by atoms with E-state index in [4.69, 9.17) is 0 Å². The van der Waals surface area contributed by atoms with Gasteiger partial charge in [0, 0.05) is 43.8 Å². The Labute approximate surface area is 174 Å². The van der Waals surface area contributed by atoms with Gasteiger partial charge in [0.1, 0.15) is 23.1 Å². The predicted molar refractivity (Wildman–Crippen MR) is 93.5 cm³/mol.